The van der Waals surface area contributed by atoms with E-state index in [0.717, 1.165) is 23.5 Å². The van der Waals surface area contributed by atoms with Gasteiger partial charge in [-0.3, -0.25) is 0 Å². The predicted molar refractivity (Wildman–Crippen MR) is 80.9 cm³/mol. The minimum absolute atomic E-state index is 0.541. The summed E-state index contributed by atoms with van der Waals surface area (Å²) >= 11 is 1.79. The van der Waals surface area contributed by atoms with E-state index in [1.54, 1.807) is 11.8 Å². The van der Waals surface area contributed by atoms with Gasteiger partial charge in [0, 0.05) is 18.3 Å². The van der Waals surface area contributed by atoms with E-state index < -0.39 is 0 Å². The van der Waals surface area contributed by atoms with Crippen LogP contribution in [0, 0.1) is 0 Å². The number of aromatic nitrogens is 4. The quantitative estimate of drug-likeness (QED) is 0.646. The van der Waals surface area contributed by atoms with Crippen molar-refractivity contribution < 1.29 is 0 Å². The minimum Gasteiger partial charge on any atom is -0.313 e. The third kappa shape index (κ3) is 3.73. The third-order valence-corrected chi connectivity index (χ3v) is 5.44. The average Bonchev–Trinajstić information content (AvgIpc) is 3.15. The number of nitrogens with one attached hydrogen (secondary N) is 1. The van der Waals surface area contributed by atoms with Gasteiger partial charge < -0.3 is 5.32 Å². The van der Waals surface area contributed by atoms with Crippen LogP contribution in [0.3, 0.4) is 0 Å². The summed E-state index contributed by atoms with van der Waals surface area (Å²) in [6.45, 7) is 1.06. The molecule has 0 spiro atoms. The fraction of sp³-hybridized carbons (Fsp3) is 0.929. The highest BCUT2D eigenvalue weighted by Crippen LogP contribution is 2.31. The number of tetrazole rings is 1. The van der Waals surface area contributed by atoms with E-state index in [2.05, 4.69) is 25.5 Å². The Morgan fingerprint density at radius 1 is 1.05 bits per heavy atom. The van der Waals surface area contributed by atoms with Gasteiger partial charge in [0.25, 0.3) is 0 Å². The molecular formula is C14H25N5S. The zero-order valence-corrected chi connectivity index (χ0v) is 12.9. The first-order chi connectivity index (χ1) is 9.93. The summed E-state index contributed by atoms with van der Waals surface area (Å²) in [5, 5.41) is 16.9. The van der Waals surface area contributed by atoms with Crippen LogP contribution in [0.5, 0.6) is 0 Å². The van der Waals surface area contributed by atoms with Crippen LogP contribution < -0.4 is 5.32 Å². The molecule has 2 aliphatic rings. The van der Waals surface area contributed by atoms with Crippen LogP contribution in [0.1, 0.15) is 63.8 Å². The molecule has 1 N–H and O–H groups in total. The molecule has 0 bridgehead atoms. The maximum atomic E-state index is 4.18. The van der Waals surface area contributed by atoms with Crippen molar-refractivity contribution in [2.45, 2.75) is 75.0 Å². The number of hydrogen-bond acceptors (Lipinski definition) is 5. The van der Waals surface area contributed by atoms with Crippen LogP contribution in [0.4, 0.5) is 0 Å². The van der Waals surface area contributed by atoms with Gasteiger partial charge in [-0.05, 0) is 36.1 Å². The average molecular weight is 295 g/mol. The molecule has 5 nitrogen and oxygen atoms in total. The molecule has 0 saturated heterocycles. The van der Waals surface area contributed by atoms with E-state index in [0.29, 0.717) is 6.04 Å². The largest absolute Gasteiger partial charge is 0.313 e. The lowest BCUT2D eigenvalue weighted by molar-refractivity contribution is 0.381. The van der Waals surface area contributed by atoms with Gasteiger partial charge in [-0.1, -0.05) is 43.9 Å². The zero-order valence-electron chi connectivity index (χ0n) is 12.1. The normalized spacial score (nSPS) is 21.6. The number of hydrogen-bond donors (Lipinski definition) is 1. The van der Waals surface area contributed by atoms with Crippen LogP contribution >= 0.6 is 11.8 Å². The van der Waals surface area contributed by atoms with Crippen LogP contribution in [0.25, 0.3) is 0 Å². The first-order valence-electron chi connectivity index (χ1n) is 8.07. The topological polar surface area (TPSA) is 55.6 Å². The van der Waals surface area contributed by atoms with Gasteiger partial charge in [0.2, 0.25) is 5.16 Å². The Hall–Kier alpha value is -0.620. The monoisotopic (exact) mass is 295 g/mol. The Bertz CT molecular complexity index is 396. The molecule has 0 aliphatic heterocycles. The van der Waals surface area contributed by atoms with E-state index in [1.165, 1.54) is 57.8 Å². The second-order valence-corrected chi connectivity index (χ2v) is 7.04. The Balaban J connectivity index is 1.40. The van der Waals surface area contributed by atoms with Crippen molar-refractivity contribution in [2.75, 3.05) is 12.3 Å². The molecule has 0 radical (unpaired) electrons. The van der Waals surface area contributed by atoms with Crippen LogP contribution in [-0.2, 0) is 0 Å². The van der Waals surface area contributed by atoms with E-state index >= 15 is 0 Å². The summed E-state index contributed by atoms with van der Waals surface area (Å²) in [5.74, 6) is 1.06. The van der Waals surface area contributed by atoms with Crippen molar-refractivity contribution in [2.24, 2.45) is 0 Å². The number of nitrogens with zero attached hydrogens (tertiary/aromatic N) is 4. The molecule has 2 saturated carbocycles. The second-order valence-electron chi connectivity index (χ2n) is 5.98. The summed E-state index contributed by atoms with van der Waals surface area (Å²) in [5.41, 5.74) is 0. The number of thioether (sulfide) groups is 1. The van der Waals surface area contributed by atoms with Crippen molar-refractivity contribution in [3.63, 3.8) is 0 Å². The van der Waals surface area contributed by atoms with E-state index in [-0.39, 0.29) is 0 Å². The van der Waals surface area contributed by atoms with Crippen molar-refractivity contribution in [1.29, 1.82) is 0 Å². The fourth-order valence-electron chi connectivity index (χ4n) is 3.37. The van der Waals surface area contributed by atoms with Gasteiger partial charge in [0.1, 0.15) is 0 Å². The van der Waals surface area contributed by atoms with E-state index in [9.17, 15) is 0 Å². The van der Waals surface area contributed by atoms with Crippen molar-refractivity contribution in [3.05, 3.63) is 0 Å². The van der Waals surface area contributed by atoms with Gasteiger partial charge in [-0.25, -0.2) is 4.68 Å². The Labute approximate surface area is 125 Å². The summed E-state index contributed by atoms with van der Waals surface area (Å²) in [7, 11) is 0. The van der Waals surface area contributed by atoms with Crippen LogP contribution in [-0.4, -0.2) is 38.5 Å². The molecular weight excluding hydrogens is 270 g/mol. The maximum absolute atomic E-state index is 4.18. The van der Waals surface area contributed by atoms with Gasteiger partial charge in [0.15, 0.2) is 0 Å². The first kappa shape index (κ1) is 14.3. The summed E-state index contributed by atoms with van der Waals surface area (Å²) in [6, 6.07) is 1.29. The van der Waals surface area contributed by atoms with Crippen LogP contribution in [0.2, 0.25) is 0 Å². The minimum atomic E-state index is 0.541. The van der Waals surface area contributed by atoms with Gasteiger partial charge in [-0.15, -0.1) is 5.10 Å². The highest BCUT2D eigenvalue weighted by Gasteiger charge is 2.21. The second kappa shape index (κ2) is 7.41. The van der Waals surface area contributed by atoms with E-state index in [1.807, 2.05) is 0 Å². The molecule has 0 aromatic carbocycles. The molecule has 0 amide bonds. The number of rotatable bonds is 6. The highest BCUT2D eigenvalue weighted by molar-refractivity contribution is 7.99. The molecule has 112 valence electrons. The van der Waals surface area contributed by atoms with Gasteiger partial charge in [0.05, 0.1) is 6.04 Å². The summed E-state index contributed by atoms with van der Waals surface area (Å²) in [4.78, 5) is 0. The molecule has 1 aromatic rings. The zero-order chi connectivity index (χ0) is 13.6. The molecule has 2 fully saturated rings. The van der Waals surface area contributed by atoms with Gasteiger partial charge in [-0.2, -0.15) is 0 Å². The van der Waals surface area contributed by atoms with E-state index in [4.69, 9.17) is 0 Å². The third-order valence-electron chi connectivity index (χ3n) is 4.50. The lowest BCUT2D eigenvalue weighted by Gasteiger charge is -2.22. The maximum Gasteiger partial charge on any atom is 0.209 e. The summed E-state index contributed by atoms with van der Waals surface area (Å²) < 4.78 is 2.05. The molecule has 2 aliphatic carbocycles. The Morgan fingerprint density at radius 2 is 1.80 bits per heavy atom. The first-order valence-corrected chi connectivity index (χ1v) is 9.06. The lowest BCUT2D eigenvalue weighted by atomic mass is 9.96. The predicted octanol–water partition coefficient (Wildman–Crippen LogP) is 2.80. The molecule has 20 heavy (non-hydrogen) atoms. The Kier molecular flexibility index (Phi) is 5.30. The van der Waals surface area contributed by atoms with Gasteiger partial charge >= 0.3 is 0 Å². The summed E-state index contributed by atoms with van der Waals surface area (Å²) in [6.07, 6.45) is 12.0. The van der Waals surface area contributed by atoms with Crippen molar-refractivity contribution >= 4 is 11.8 Å². The van der Waals surface area contributed by atoms with Crippen molar-refractivity contribution in [3.8, 4) is 0 Å². The molecule has 1 aromatic heterocycles. The molecule has 0 unspecified atom stereocenters. The molecule has 0 atom stereocenters. The Morgan fingerprint density at radius 3 is 2.60 bits per heavy atom. The molecule has 3 rings (SSSR count). The smallest absolute Gasteiger partial charge is 0.209 e. The molecule has 6 heteroatoms. The SMILES string of the molecule is C1CCC(NCCSc2nnnn2C2CCCC2)CC1. The molecule has 1 heterocycles. The standard InChI is InChI=1S/C14H25N5S/c1-2-6-12(7-3-1)15-10-11-20-14-16-17-18-19(14)13-8-4-5-9-13/h12-13,15H,1-11H2. The lowest BCUT2D eigenvalue weighted by Crippen LogP contribution is -2.32. The highest BCUT2D eigenvalue weighted by atomic mass is 32.2. The fourth-order valence-corrected chi connectivity index (χ4v) is 4.19. The van der Waals surface area contributed by atoms with Crippen molar-refractivity contribution in [1.82, 2.24) is 25.5 Å². The van der Waals surface area contributed by atoms with Crippen LogP contribution in [0.15, 0.2) is 5.16 Å².